The van der Waals surface area contributed by atoms with Crippen LogP contribution in [0.5, 0.6) is 5.75 Å². The first-order chi connectivity index (χ1) is 6.54. The number of benzene rings is 1. The lowest BCUT2D eigenvalue weighted by Crippen LogP contribution is -2.02. The summed E-state index contributed by atoms with van der Waals surface area (Å²) in [6, 6.07) is 3.24. The quantitative estimate of drug-likeness (QED) is 0.742. The third-order valence-electron chi connectivity index (χ3n) is 1.42. The molecule has 0 N–H and O–H groups in total. The summed E-state index contributed by atoms with van der Waals surface area (Å²) in [6.45, 7) is -2.81. The van der Waals surface area contributed by atoms with Crippen molar-refractivity contribution in [2.75, 3.05) is 6.26 Å². The van der Waals surface area contributed by atoms with Gasteiger partial charge in [0.2, 0.25) is 0 Å². The minimum Gasteiger partial charge on any atom is -0.434 e. The van der Waals surface area contributed by atoms with E-state index in [9.17, 15) is 8.78 Å². The van der Waals surface area contributed by atoms with Crippen LogP contribution >= 0.6 is 43.6 Å². The predicted octanol–water partition coefficient (Wildman–Crippen LogP) is 4.53. The van der Waals surface area contributed by atoms with Crippen molar-refractivity contribution in [2.45, 2.75) is 11.5 Å². The van der Waals surface area contributed by atoms with Crippen LogP contribution in [0.2, 0.25) is 0 Å². The molecule has 6 heteroatoms. The monoisotopic (exact) mass is 346 g/mol. The lowest BCUT2D eigenvalue weighted by molar-refractivity contribution is -0.0504. The largest absolute Gasteiger partial charge is 0.434 e. The van der Waals surface area contributed by atoms with Gasteiger partial charge >= 0.3 is 6.61 Å². The van der Waals surface area contributed by atoms with Gasteiger partial charge in [0, 0.05) is 9.37 Å². The molecule has 0 aromatic heterocycles. The van der Waals surface area contributed by atoms with Crippen molar-refractivity contribution in [1.29, 1.82) is 0 Å². The number of thioether (sulfide) groups is 1. The van der Waals surface area contributed by atoms with E-state index in [4.69, 9.17) is 0 Å². The average molecular weight is 348 g/mol. The van der Waals surface area contributed by atoms with Crippen molar-refractivity contribution < 1.29 is 13.5 Å². The number of halogens is 4. The molecule has 0 saturated carbocycles. The Morgan fingerprint density at radius 1 is 1.29 bits per heavy atom. The zero-order valence-electron chi connectivity index (χ0n) is 7.06. The molecule has 78 valence electrons. The van der Waals surface area contributed by atoms with Crippen LogP contribution in [-0.2, 0) is 0 Å². The second-order valence-electron chi connectivity index (χ2n) is 2.30. The van der Waals surface area contributed by atoms with Crippen LogP contribution in [0.15, 0.2) is 26.0 Å². The fraction of sp³-hybridized carbons (Fsp3) is 0.250. The van der Waals surface area contributed by atoms with Gasteiger partial charge in [0.15, 0.2) is 0 Å². The molecule has 0 amide bonds. The lowest BCUT2D eigenvalue weighted by atomic mass is 10.3. The Labute approximate surface area is 101 Å². The van der Waals surface area contributed by atoms with E-state index in [1.54, 1.807) is 6.07 Å². The zero-order valence-corrected chi connectivity index (χ0v) is 11.0. The third-order valence-corrected chi connectivity index (χ3v) is 3.74. The number of hydrogen-bond donors (Lipinski definition) is 0. The summed E-state index contributed by atoms with van der Waals surface area (Å²) in [5, 5.41) is 0. The minimum absolute atomic E-state index is 0.129. The molecule has 0 atom stereocenters. The van der Waals surface area contributed by atoms with Crippen molar-refractivity contribution in [3.05, 3.63) is 21.1 Å². The van der Waals surface area contributed by atoms with Gasteiger partial charge < -0.3 is 4.74 Å². The van der Waals surface area contributed by atoms with Gasteiger partial charge in [0.05, 0.1) is 4.47 Å². The van der Waals surface area contributed by atoms with Crippen molar-refractivity contribution in [3.63, 3.8) is 0 Å². The molecule has 0 unspecified atom stereocenters. The van der Waals surface area contributed by atoms with Crippen LogP contribution in [-0.4, -0.2) is 12.9 Å². The predicted molar refractivity (Wildman–Crippen MR) is 60.3 cm³/mol. The second kappa shape index (κ2) is 5.32. The van der Waals surface area contributed by atoms with Gasteiger partial charge in [-0.3, -0.25) is 0 Å². The number of alkyl halides is 2. The number of ether oxygens (including phenoxy) is 1. The molecule has 0 radical (unpaired) electrons. The molecule has 1 rings (SSSR count). The molecule has 0 aliphatic heterocycles. The maximum Gasteiger partial charge on any atom is 0.387 e. The normalized spacial score (nSPS) is 10.7. The van der Waals surface area contributed by atoms with Crippen molar-refractivity contribution in [2.24, 2.45) is 0 Å². The van der Waals surface area contributed by atoms with Gasteiger partial charge in [-0.15, -0.1) is 11.8 Å². The van der Waals surface area contributed by atoms with Gasteiger partial charge in [0.1, 0.15) is 5.75 Å². The van der Waals surface area contributed by atoms with Gasteiger partial charge in [0.25, 0.3) is 0 Å². The van der Waals surface area contributed by atoms with Crippen molar-refractivity contribution in [1.82, 2.24) is 0 Å². The first-order valence-corrected chi connectivity index (χ1v) is 6.33. The molecule has 0 bridgehead atoms. The molecule has 0 saturated heterocycles. The smallest absolute Gasteiger partial charge is 0.387 e. The molecular weight excluding hydrogens is 342 g/mol. The van der Waals surface area contributed by atoms with Crippen LogP contribution in [0.3, 0.4) is 0 Å². The van der Waals surface area contributed by atoms with Crippen LogP contribution < -0.4 is 4.74 Å². The molecule has 0 spiro atoms. The molecule has 1 aromatic rings. The summed E-state index contributed by atoms with van der Waals surface area (Å²) in [6.07, 6.45) is 1.90. The molecule has 0 aliphatic rings. The van der Waals surface area contributed by atoms with Gasteiger partial charge in [-0.25, -0.2) is 0 Å². The summed E-state index contributed by atoms with van der Waals surface area (Å²) < 4.78 is 29.5. The molecule has 0 aliphatic carbocycles. The Morgan fingerprint density at radius 2 is 1.93 bits per heavy atom. The van der Waals surface area contributed by atoms with E-state index in [1.807, 2.05) is 6.26 Å². The van der Waals surface area contributed by atoms with E-state index in [2.05, 4.69) is 36.6 Å². The fourth-order valence-electron chi connectivity index (χ4n) is 0.853. The summed E-state index contributed by atoms with van der Waals surface area (Å²) in [7, 11) is 0. The van der Waals surface area contributed by atoms with E-state index in [-0.39, 0.29) is 5.75 Å². The first-order valence-electron chi connectivity index (χ1n) is 3.52. The Bertz CT molecular complexity index is 333. The molecule has 0 heterocycles. The van der Waals surface area contributed by atoms with Crippen LogP contribution in [0, 0.1) is 0 Å². The maximum atomic E-state index is 12.0. The van der Waals surface area contributed by atoms with Crippen LogP contribution in [0.1, 0.15) is 0 Å². The van der Waals surface area contributed by atoms with E-state index in [0.29, 0.717) is 4.47 Å². The summed E-state index contributed by atoms with van der Waals surface area (Å²) >= 11 is 7.94. The standard InChI is InChI=1S/C8H6Br2F2OS/c1-14-7-3-4(9)6(2-5(7)10)13-8(11)12/h2-3,8H,1H3. The maximum absolute atomic E-state index is 12.0. The Morgan fingerprint density at radius 3 is 2.43 bits per heavy atom. The Balaban J connectivity index is 3.02. The summed E-state index contributed by atoms with van der Waals surface area (Å²) in [5.41, 5.74) is 0. The zero-order chi connectivity index (χ0) is 10.7. The highest BCUT2D eigenvalue weighted by atomic mass is 79.9. The van der Waals surface area contributed by atoms with E-state index in [1.165, 1.54) is 17.8 Å². The second-order valence-corrected chi connectivity index (χ2v) is 4.85. The van der Waals surface area contributed by atoms with Crippen LogP contribution in [0.25, 0.3) is 0 Å². The highest BCUT2D eigenvalue weighted by Gasteiger charge is 2.11. The lowest BCUT2D eigenvalue weighted by Gasteiger charge is -2.09. The summed E-state index contributed by atoms with van der Waals surface area (Å²) in [4.78, 5) is 0.957. The number of rotatable bonds is 3. The molecular formula is C8H6Br2F2OS. The van der Waals surface area contributed by atoms with Gasteiger partial charge in [-0.2, -0.15) is 8.78 Å². The Hall–Kier alpha value is 0.190. The highest BCUT2D eigenvalue weighted by Crippen LogP contribution is 2.36. The Kier molecular flexibility index (Phi) is 4.66. The molecule has 1 nitrogen and oxygen atoms in total. The number of hydrogen-bond acceptors (Lipinski definition) is 2. The highest BCUT2D eigenvalue weighted by molar-refractivity contribution is 9.11. The third kappa shape index (κ3) is 3.10. The van der Waals surface area contributed by atoms with Gasteiger partial charge in [-0.1, -0.05) is 0 Å². The SMILES string of the molecule is CSc1cc(Br)c(OC(F)F)cc1Br. The van der Waals surface area contributed by atoms with E-state index < -0.39 is 6.61 Å². The molecule has 0 fully saturated rings. The van der Waals surface area contributed by atoms with Crippen LogP contribution in [0.4, 0.5) is 8.78 Å². The molecule has 1 aromatic carbocycles. The average Bonchev–Trinajstić information content (AvgIpc) is 2.10. The van der Waals surface area contributed by atoms with E-state index >= 15 is 0 Å². The van der Waals surface area contributed by atoms with Crippen molar-refractivity contribution in [3.8, 4) is 5.75 Å². The van der Waals surface area contributed by atoms with E-state index in [0.717, 1.165) is 9.37 Å². The van der Waals surface area contributed by atoms with Crippen molar-refractivity contribution >= 4 is 43.6 Å². The minimum atomic E-state index is -2.81. The summed E-state index contributed by atoms with van der Waals surface area (Å²) in [5.74, 6) is 0.129. The fourth-order valence-corrected chi connectivity index (χ4v) is 2.74. The van der Waals surface area contributed by atoms with Gasteiger partial charge in [-0.05, 0) is 50.2 Å². The first kappa shape index (κ1) is 12.3. The topological polar surface area (TPSA) is 9.23 Å². The molecule has 14 heavy (non-hydrogen) atoms.